The van der Waals surface area contributed by atoms with Crippen LogP contribution in [0.1, 0.15) is 5.56 Å². The van der Waals surface area contributed by atoms with Gasteiger partial charge in [-0.3, -0.25) is 19.4 Å². The van der Waals surface area contributed by atoms with Gasteiger partial charge in [0.1, 0.15) is 36.0 Å². The lowest BCUT2D eigenvalue weighted by Crippen LogP contribution is -2.52. The van der Waals surface area contributed by atoms with Crippen molar-refractivity contribution >= 4 is 23.9 Å². The van der Waals surface area contributed by atoms with Gasteiger partial charge in [0.15, 0.2) is 0 Å². The van der Waals surface area contributed by atoms with E-state index in [1.54, 1.807) is 55.6 Å². The van der Waals surface area contributed by atoms with Crippen LogP contribution in [0, 0.1) is 0 Å². The van der Waals surface area contributed by atoms with Crippen molar-refractivity contribution in [2.24, 2.45) is 0 Å². The number of carbonyl (C=O) groups is 3. The molecule has 1 heterocycles. The molecule has 3 rings (SSSR count). The number of methoxy groups -OCH3 is 1. The van der Waals surface area contributed by atoms with Crippen molar-refractivity contribution in [3.63, 3.8) is 0 Å². The van der Waals surface area contributed by atoms with Crippen LogP contribution in [0.4, 0.5) is 4.79 Å². The monoisotopic (exact) mass is 410 g/mol. The number of benzene rings is 2. The Hall–Kier alpha value is -3.81. The van der Waals surface area contributed by atoms with Gasteiger partial charge in [-0.05, 0) is 36.4 Å². The van der Waals surface area contributed by atoms with Crippen LogP contribution in [0.5, 0.6) is 17.2 Å². The maximum absolute atomic E-state index is 12.4. The lowest BCUT2D eigenvalue weighted by atomic mass is 10.1. The zero-order chi connectivity index (χ0) is 21.7. The number of barbiturate groups is 1. The first-order valence-corrected chi connectivity index (χ1v) is 9.23. The molecule has 0 atom stereocenters. The Bertz CT molecular complexity index is 957. The summed E-state index contributed by atoms with van der Waals surface area (Å²) in [6.45, 7) is 0.557. The van der Waals surface area contributed by atoms with E-state index in [0.717, 1.165) is 15.5 Å². The molecular weight excluding hydrogens is 388 g/mol. The summed E-state index contributed by atoms with van der Waals surface area (Å²) in [6.07, 6.45) is 1.43. The average molecular weight is 410 g/mol. The summed E-state index contributed by atoms with van der Waals surface area (Å²) in [5, 5.41) is 0. The molecule has 0 bridgehead atoms. The van der Waals surface area contributed by atoms with Crippen molar-refractivity contribution < 1.29 is 28.6 Å². The summed E-state index contributed by atoms with van der Waals surface area (Å²) in [5.41, 5.74) is 0.444. The fourth-order valence-electron chi connectivity index (χ4n) is 2.84. The molecule has 0 spiro atoms. The molecule has 1 saturated heterocycles. The van der Waals surface area contributed by atoms with E-state index in [4.69, 9.17) is 14.2 Å². The molecule has 1 aliphatic heterocycles. The lowest BCUT2D eigenvalue weighted by Gasteiger charge is -2.29. The summed E-state index contributed by atoms with van der Waals surface area (Å²) in [4.78, 5) is 38.5. The zero-order valence-corrected chi connectivity index (χ0v) is 17.0. The molecule has 0 N–H and O–H groups in total. The van der Waals surface area contributed by atoms with Crippen LogP contribution in [-0.2, 0) is 9.59 Å². The highest BCUT2D eigenvalue weighted by Gasteiger charge is 2.37. The van der Waals surface area contributed by atoms with Gasteiger partial charge in [-0.25, -0.2) is 4.79 Å². The first-order valence-electron chi connectivity index (χ1n) is 9.23. The summed E-state index contributed by atoms with van der Waals surface area (Å²) < 4.78 is 16.5. The van der Waals surface area contributed by atoms with Gasteiger partial charge in [-0.15, -0.1) is 0 Å². The van der Waals surface area contributed by atoms with Gasteiger partial charge in [-0.2, -0.15) is 0 Å². The maximum Gasteiger partial charge on any atom is 0.333 e. The van der Waals surface area contributed by atoms with Gasteiger partial charge in [0.2, 0.25) is 0 Å². The molecule has 4 amide bonds. The minimum Gasteiger partial charge on any atom is -0.497 e. The Morgan fingerprint density at radius 1 is 0.800 bits per heavy atom. The van der Waals surface area contributed by atoms with Gasteiger partial charge in [0, 0.05) is 19.7 Å². The number of nitrogens with zero attached hydrogens (tertiary/aromatic N) is 2. The van der Waals surface area contributed by atoms with Crippen LogP contribution in [0.15, 0.2) is 54.1 Å². The van der Waals surface area contributed by atoms with Crippen molar-refractivity contribution in [3.8, 4) is 17.2 Å². The molecule has 1 fully saturated rings. The van der Waals surface area contributed by atoms with E-state index < -0.39 is 17.8 Å². The van der Waals surface area contributed by atoms with E-state index in [0.29, 0.717) is 23.7 Å². The minimum atomic E-state index is -0.664. The van der Waals surface area contributed by atoms with Crippen molar-refractivity contribution in [1.29, 1.82) is 0 Å². The Morgan fingerprint density at radius 2 is 1.37 bits per heavy atom. The third-order valence-corrected chi connectivity index (χ3v) is 4.53. The maximum atomic E-state index is 12.4. The van der Waals surface area contributed by atoms with Crippen LogP contribution >= 0.6 is 0 Å². The van der Waals surface area contributed by atoms with Gasteiger partial charge >= 0.3 is 6.03 Å². The molecule has 8 heteroatoms. The van der Waals surface area contributed by atoms with Crippen LogP contribution < -0.4 is 14.2 Å². The van der Waals surface area contributed by atoms with E-state index in [9.17, 15) is 14.4 Å². The standard InChI is InChI=1S/C22H22N2O6/c1-23-20(25)18(21(26)24(2)22(23)27)14-15-6-4-5-7-19(15)30-13-12-29-17-10-8-16(28-3)9-11-17/h4-11,14H,12-13H2,1-3H3. The third-order valence-electron chi connectivity index (χ3n) is 4.53. The molecule has 0 saturated carbocycles. The van der Waals surface area contributed by atoms with Crippen molar-refractivity contribution in [2.75, 3.05) is 34.4 Å². The van der Waals surface area contributed by atoms with Crippen molar-refractivity contribution in [2.45, 2.75) is 0 Å². The molecule has 0 aliphatic carbocycles. The smallest absolute Gasteiger partial charge is 0.333 e. The Morgan fingerprint density at radius 3 is 2.00 bits per heavy atom. The zero-order valence-electron chi connectivity index (χ0n) is 17.0. The van der Waals surface area contributed by atoms with Gasteiger partial charge < -0.3 is 14.2 Å². The highest BCUT2D eigenvalue weighted by Crippen LogP contribution is 2.24. The van der Waals surface area contributed by atoms with E-state index in [1.807, 2.05) is 0 Å². The number of ether oxygens (including phenoxy) is 3. The third kappa shape index (κ3) is 4.43. The van der Waals surface area contributed by atoms with E-state index in [1.165, 1.54) is 20.2 Å². The number of imide groups is 2. The van der Waals surface area contributed by atoms with Crippen LogP contribution in [0.25, 0.3) is 6.08 Å². The van der Waals surface area contributed by atoms with E-state index in [2.05, 4.69) is 0 Å². The summed E-state index contributed by atoms with van der Waals surface area (Å²) in [5.74, 6) is 0.613. The minimum absolute atomic E-state index is 0.106. The fourth-order valence-corrected chi connectivity index (χ4v) is 2.84. The molecule has 0 radical (unpaired) electrons. The highest BCUT2D eigenvalue weighted by molar-refractivity contribution is 6.30. The van der Waals surface area contributed by atoms with Crippen LogP contribution in [0.3, 0.4) is 0 Å². The van der Waals surface area contributed by atoms with E-state index in [-0.39, 0.29) is 12.2 Å². The number of hydrogen-bond acceptors (Lipinski definition) is 6. The SMILES string of the molecule is COc1ccc(OCCOc2ccccc2C=C2C(=O)N(C)C(=O)N(C)C2=O)cc1. The quantitative estimate of drug-likeness (QED) is 0.396. The second-order valence-corrected chi connectivity index (χ2v) is 6.48. The van der Waals surface area contributed by atoms with Gasteiger partial charge in [0.05, 0.1) is 7.11 Å². The predicted octanol–water partition coefficient (Wildman–Crippen LogP) is 2.59. The molecular formula is C22H22N2O6. The molecule has 1 aliphatic rings. The number of hydrogen-bond donors (Lipinski definition) is 0. The molecule has 0 unspecified atom stereocenters. The van der Waals surface area contributed by atoms with Gasteiger partial charge in [0.25, 0.3) is 11.8 Å². The first-order chi connectivity index (χ1) is 14.4. The largest absolute Gasteiger partial charge is 0.497 e. The number of urea groups is 1. The summed E-state index contributed by atoms with van der Waals surface area (Å²) in [7, 11) is 4.26. The average Bonchev–Trinajstić information content (AvgIpc) is 2.78. The number of amides is 4. The van der Waals surface area contributed by atoms with Crippen LogP contribution in [0.2, 0.25) is 0 Å². The lowest BCUT2D eigenvalue weighted by molar-refractivity contribution is -0.134. The molecule has 2 aromatic rings. The van der Waals surface area contributed by atoms with E-state index >= 15 is 0 Å². The number of likely N-dealkylation sites (N-methyl/N-ethyl adjacent to an activating group) is 2. The first kappa shape index (κ1) is 20.9. The second-order valence-electron chi connectivity index (χ2n) is 6.48. The normalized spacial score (nSPS) is 14.1. The Balaban J connectivity index is 1.68. The Labute approximate surface area is 174 Å². The second kappa shape index (κ2) is 9.13. The topological polar surface area (TPSA) is 85.4 Å². The molecule has 0 aromatic heterocycles. The van der Waals surface area contributed by atoms with Crippen molar-refractivity contribution in [1.82, 2.24) is 9.80 Å². The van der Waals surface area contributed by atoms with Crippen molar-refractivity contribution in [3.05, 3.63) is 59.7 Å². The summed E-state index contributed by atoms with van der Waals surface area (Å²) in [6, 6.07) is 13.5. The molecule has 30 heavy (non-hydrogen) atoms. The highest BCUT2D eigenvalue weighted by atomic mass is 16.5. The Kier molecular flexibility index (Phi) is 6.36. The number of para-hydroxylation sites is 1. The molecule has 156 valence electrons. The number of carbonyl (C=O) groups excluding carboxylic acids is 3. The predicted molar refractivity (Wildman–Crippen MR) is 109 cm³/mol. The molecule has 8 nitrogen and oxygen atoms in total. The molecule has 2 aromatic carbocycles. The number of rotatable bonds is 7. The fraction of sp³-hybridized carbons (Fsp3) is 0.227. The summed E-state index contributed by atoms with van der Waals surface area (Å²) >= 11 is 0. The van der Waals surface area contributed by atoms with Gasteiger partial charge in [-0.1, -0.05) is 18.2 Å². The van der Waals surface area contributed by atoms with Crippen LogP contribution in [-0.4, -0.2) is 62.1 Å².